The third-order valence-corrected chi connectivity index (χ3v) is 3.74. The van der Waals surface area contributed by atoms with Crippen LogP contribution in [-0.4, -0.2) is 29.1 Å². The molecule has 28 heavy (non-hydrogen) atoms. The van der Waals surface area contributed by atoms with Crippen molar-refractivity contribution in [1.82, 2.24) is 9.97 Å². The molecule has 3 aromatic rings. The first-order valence-corrected chi connectivity index (χ1v) is 8.85. The molecule has 0 aliphatic rings. The van der Waals surface area contributed by atoms with Crippen LogP contribution in [0.25, 0.3) is 0 Å². The first-order valence-electron chi connectivity index (χ1n) is 8.85. The Bertz CT molecular complexity index is 960. The highest BCUT2D eigenvalue weighted by atomic mass is 16.5. The lowest BCUT2D eigenvalue weighted by Crippen LogP contribution is -2.14. The van der Waals surface area contributed by atoms with E-state index in [9.17, 15) is 4.79 Å². The average Bonchev–Trinajstić information content (AvgIpc) is 2.69. The Balaban J connectivity index is 1.76. The van der Waals surface area contributed by atoms with Crippen LogP contribution in [0.15, 0.2) is 60.9 Å². The van der Waals surface area contributed by atoms with Gasteiger partial charge in [-0.15, -0.1) is 0 Å². The van der Waals surface area contributed by atoms with Crippen molar-refractivity contribution in [2.45, 2.75) is 20.0 Å². The molecule has 0 unspecified atom stereocenters. The topological polar surface area (TPSA) is 85.4 Å². The number of nitrogens with one attached hydrogen (secondary N) is 2. The lowest BCUT2D eigenvalue weighted by Gasteiger charge is -2.15. The molecule has 0 saturated heterocycles. The van der Waals surface area contributed by atoms with E-state index in [1.54, 1.807) is 37.4 Å². The fourth-order valence-corrected chi connectivity index (χ4v) is 2.51. The van der Waals surface area contributed by atoms with Gasteiger partial charge in [0.1, 0.15) is 29.3 Å². The van der Waals surface area contributed by atoms with Gasteiger partial charge in [-0.05, 0) is 38.1 Å². The van der Waals surface area contributed by atoms with Crippen LogP contribution < -0.4 is 20.1 Å². The van der Waals surface area contributed by atoms with Gasteiger partial charge in [-0.2, -0.15) is 0 Å². The van der Waals surface area contributed by atoms with Crippen LogP contribution >= 0.6 is 0 Å². The Morgan fingerprint density at radius 2 is 1.86 bits per heavy atom. The van der Waals surface area contributed by atoms with Crippen LogP contribution in [0.3, 0.4) is 0 Å². The molecule has 0 fully saturated rings. The fourth-order valence-electron chi connectivity index (χ4n) is 2.51. The normalized spacial score (nSPS) is 10.4. The maximum atomic E-state index is 12.5. The third-order valence-electron chi connectivity index (χ3n) is 3.74. The van der Waals surface area contributed by atoms with Crippen molar-refractivity contribution in [2.24, 2.45) is 0 Å². The maximum Gasteiger partial charge on any atom is 0.274 e. The summed E-state index contributed by atoms with van der Waals surface area (Å²) in [6.45, 7) is 3.92. The number of rotatable bonds is 7. The summed E-state index contributed by atoms with van der Waals surface area (Å²) in [5, 5.41) is 5.98. The zero-order chi connectivity index (χ0) is 19.9. The molecule has 144 valence electrons. The first kappa shape index (κ1) is 19.2. The molecule has 0 atom stereocenters. The quantitative estimate of drug-likeness (QED) is 0.639. The van der Waals surface area contributed by atoms with Crippen LogP contribution in [0.2, 0.25) is 0 Å². The summed E-state index contributed by atoms with van der Waals surface area (Å²) in [7, 11) is 1.57. The van der Waals surface area contributed by atoms with Crippen molar-refractivity contribution in [3.63, 3.8) is 0 Å². The van der Waals surface area contributed by atoms with E-state index in [1.165, 1.54) is 6.33 Å². The second kappa shape index (κ2) is 8.85. The number of nitrogens with zero attached hydrogens (tertiary/aromatic N) is 2. The molecule has 0 aliphatic carbocycles. The van der Waals surface area contributed by atoms with E-state index in [2.05, 4.69) is 20.6 Å². The zero-order valence-electron chi connectivity index (χ0n) is 16.0. The van der Waals surface area contributed by atoms with Gasteiger partial charge in [-0.1, -0.05) is 18.2 Å². The highest BCUT2D eigenvalue weighted by molar-refractivity contribution is 6.03. The second-order valence-electron chi connectivity index (χ2n) is 6.26. The molecule has 7 nitrogen and oxygen atoms in total. The number of hydrogen-bond donors (Lipinski definition) is 2. The van der Waals surface area contributed by atoms with Gasteiger partial charge < -0.3 is 20.1 Å². The van der Waals surface area contributed by atoms with Gasteiger partial charge in [-0.3, -0.25) is 4.79 Å². The van der Waals surface area contributed by atoms with Gasteiger partial charge in [0.2, 0.25) is 0 Å². The predicted molar refractivity (Wildman–Crippen MR) is 108 cm³/mol. The summed E-state index contributed by atoms with van der Waals surface area (Å²) < 4.78 is 11.0. The first-order chi connectivity index (χ1) is 13.5. The summed E-state index contributed by atoms with van der Waals surface area (Å²) in [5.74, 6) is 1.51. The number of carbonyl (C=O) groups is 1. The number of ether oxygens (including phenoxy) is 2. The molecule has 0 saturated carbocycles. The van der Waals surface area contributed by atoms with E-state index in [0.29, 0.717) is 23.0 Å². The van der Waals surface area contributed by atoms with E-state index < -0.39 is 0 Å². The number of hydrogen-bond acceptors (Lipinski definition) is 6. The predicted octanol–water partition coefficient (Wildman–Crippen LogP) is 4.27. The largest absolute Gasteiger partial charge is 0.497 e. The van der Waals surface area contributed by atoms with Crippen molar-refractivity contribution >= 4 is 23.1 Å². The fraction of sp³-hybridized carbons (Fsp3) is 0.190. The average molecular weight is 378 g/mol. The highest BCUT2D eigenvalue weighted by Gasteiger charge is 2.11. The Morgan fingerprint density at radius 1 is 1.04 bits per heavy atom. The van der Waals surface area contributed by atoms with Gasteiger partial charge in [-0.25, -0.2) is 9.97 Å². The Morgan fingerprint density at radius 3 is 2.64 bits per heavy atom. The third kappa shape index (κ3) is 4.97. The Labute approximate surface area is 163 Å². The number of carbonyl (C=O) groups excluding carboxylic acids is 1. The minimum absolute atomic E-state index is 0.0394. The molecule has 1 amide bonds. The molecule has 0 aliphatic heterocycles. The van der Waals surface area contributed by atoms with Crippen molar-refractivity contribution in [3.8, 4) is 11.5 Å². The minimum Gasteiger partial charge on any atom is -0.497 e. The number of anilines is 3. The summed E-state index contributed by atoms with van der Waals surface area (Å²) in [4.78, 5) is 20.8. The number of methoxy groups -OCH3 is 1. The zero-order valence-corrected chi connectivity index (χ0v) is 16.0. The Kier molecular flexibility index (Phi) is 6.06. The number of aromatic nitrogens is 2. The summed E-state index contributed by atoms with van der Waals surface area (Å²) in [6.07, 6.45) is 1.38. The van der Waals surface area contributed by atoms with Gasteiger partial charge in [0.15, 0.2) is 0 Å². The number of benzene rings is 2. The minimum atomic E-state index is -0.342. The molecule has 7 heteroatoms. The summed E-state index contributed by atoms with van der Waals surface area (Å²) in [6, 6.07) is 16.3. The maximum absolute atomic E-state index is 12.5. The molecule has 1 aromatic heterocycles. The summed E-state index contributed by atoms with van der Waals surface area (Å²) >= 11 is 0. The van der Waals surface area contributed by atoms with Crippen LogP contribution in [0.4, 0.5) is 17.2 Å². The molecular formula is C21H22N4O3. The van der Waals surface area contributed by atoms with Crippen molar-refractivity contribution in [3.05, 3.63) is 66.6 Å². The lowest BCUT2D eigenvalue weighted by molar-refractivity contribution is 0.102. The Hall–Kier alpha value is -3.61. The number of amides is 1. The van der Waals surface area contributed by atoms with E-state index in [1.807, 2.05) is 38.1 Å². The van der Waals surface area contributed by atoms with Crippen LogP contribution in [0, 0.1) is 0 Å². The molecule has 2 aromatic carbocycles. The molecule has 3 rings (SSSR count). The van der Waals surface area contributed by atoms with Crippen LogP contribution in [0.5, 0.6) is 11.5 Å². The van der Waals surface area contributed by atoms with Gasteiger partial charge in [0, 0.05) is 17.8 Å². The van der Waals surface area contributed by atoms with Crippen molar-refractivity contribution in [2.75, 3.05) is 17.7 Å². The molecule has 0 bridgehead atoms. The molecule has 2 N–H and O–H groups in total. The molecule has 1 heterocycles. The second-order valence-corrected chi connectivity index (χ2v) is 6.26. The van der Waals surface area contributed by atoms with Crippen LogP contribution in [0.1, 0.15) is 24.3 Å². The van der Waals surface area contributed by atoms with E-state index in [0.717, 1.165) is 5.69 Å². The SMILES string of the molecule is COc1cccc(NC(=O)c2cc(Nc3ccccc3OC(C)C)ncn2)c1. The summed E-state index contributed by atoms with van der Waals surface area (Å²) in [5.41, 5.74) is 1.62. The van der Waals surface area contributed by atoms with E-state index in [4.69, 9.17) is 9.47 Å². The van der Waals surface area contributed by atoms with Gasteiger partial charge in [0.25, 0.3) is 5.91 Å². The van der Waals surface area contributed by atoms with Crippen molar-refractivity contribution in [1.29, 1.82) is 0 Å². The molecule has 0 spiro atoms. The van der Waals surface area contributed by atoms with Crippen LogP contribution in [-0.2, 0) is 0 Å². The molecular weight excluding hydrogens is 356 g/mol. The number of para-hydroxylation sites is 2. The van der Waals surface area contributed by atoms with E-state index >= 15 is 0 Å². The van der Waals surface area contributed by atoms with Gasteiger partial charge >= 0.3 is 0 Å². The lowest BCUT2D eigenvalue weighted by atomic mass is 10.2. The standard InChI is InChI=1S/C21H22N4O3/c1-14(2)28-19-10-5-4-9-17(19)25-20-12-18(22-13-23-20)21(26)24-15-7-6-8-16(11-15)27-3/h4-14H,1-3H3,(H,24,26)(H,22,23,25). The molecule has 0 radical (unpaired) electrons. The monoisotopic (exact) mass is 378 g/mol. The van der Waals surface area contributed by atoms with Gasteiger partial charge in [0.05, 0.1) is 18.9 Å². The smallest absolute Gasteiger partial charge is 0.274 e. The van der Waals surface area contributed by atoms with Crippen molar-refractivity contribution < 1.29 is 14.3 Å². The highest BCUT2D eigenvalue weighted by Crippen LogP contribution is 2.27. The van der Waals surface area contributed by atoms with E-state index in [-0.39, 0.29) is 17.7 Å².